The molecule has 0 fully saturated rings. The summed E-state index contributed by atoms with van der Waals surface area (Å²) in [5.74, 6) is 1.74. The molecule has 0 spiro atoms. The molecule has 0 saturated carbocycles. The van der Waals surface area contributed by atoms with Crippen molar-refractivity contribution in [3.8, 4) is 0 Å². The standard InChI is InChI=1S/C4H8N2S4.K.H/c5-3(7)9-1-2-10-4(6)8;;/h1-2H2,(H2,5,7)(H2,6,8);;/q;+1;-1. The molecular formula is C4H9KN2S4. The van der Waals surface area contributed by atoms with Crippen molar-refractivity contribution in [3.63, 3.8) is 0 Å². The van der Waals surface area contributed by atoms with Gasteiger partial charge in [-0.05, 0) is 0 Å². The molecule has 4 N–H and O–H groups in total. The summed E-state index contributed by atoms with van der Waals surface area (Å²) in [6.07, 6.45) is 0. The second-order valence-corrected chi connectivity index (χ2v) is 5.00. The summed E-state index contributed by atoms with van der Waals surface area (Å²) in [6, 6.07) is 0. The van der Waals surface area contributed by atoms with Gasteiger partial charge in [0.1, 0.15) is 8.64 Å². The molecule has 0 radical (unpaired) electrons. The Morgan fingerprint density at radius 3 is 1.55 bits per heavy atom. The van der Waals surface area contributed by atoms with E-state index in [0.29, 0.717) is 8.64 Å². The van der Waals surface area contributed by atoms with Crippen LogP contribution in [0.3, 0.4) is 0 Å². The molecule has 0 unspecified atom stereocenters. The van der Waals surface area contributed by atoms with Gasteiger partial charge in [-0.3, -0.25) is 0 Å². The summed E-state index contributed by atoms with van der Waals surface area (Å²) in [5, 5.41) is 0. The van der Waals surface area contributed by atoms with Crippen LogP contribution in [0.2, 0.25) is 0 Å². The molecule has 11 heavy (non-hydrogen) atoms. The molecule has 0 rings (SSSR count). The summed E-state index contributed by atoms with van der Waals surface area (Å²) < 4.78 is 0.951. The molecule has 0 bridgehead atoms. The summed E-state index contributed by atoms with van der Waals surface area (Å²) in [6.45, 7) is 0. The van der Waals surface area contributed by atoms with E-state index in [9.17, 15) is 0 Å². The largest absolute Gasteiger partial charge is 1.00 e. The van der Waals surface area contributed by atoms with E-state index in [4.69, 9.17) is 11.5 Å². The Labute approximate surface area is 130 Å². The molecule has 0 aromatic carbocycles. The van der Waals surface area contributed by atoms with Crippen LogP contribution < -0.4 is 62.9 Å². The van der Waals surface area contributed by atoms with Crippen LogP contribution in [0.1, 0.15) is 1.43 Å². The number of rotatable bonds is 3. The zero-order valence-electron chi connectivity index (χ0n) is 7.20. The molecule has 0 amide bonds. The first-order valence-electron chi connectivity index (χ1n) is 2.47. The third-order valence-electron chi connectivity index (χ3n) is 0.572. The first kappa shape index (κ1) is 15.6. The second-order valence-electron chi connectivity index (χ2n) is 1.33. The maximum atomic E-state index is 5.23. The zero-order chi connectivity index (χ0) is 7.98. The van der Waals surface area contributed by atoms with E-state index in [2.05, 4.69) is 24.4 Å². The van der Waals surface area contributed by atoms with Crippen molar-refractivity contribution in [3.05, 3.63) is 0 Å². The van der Waals surface area contributed by atoms with Crippen LogP contribution in [-0.4, -0.2) is 20.1 Å². The van der Waals surface area contributed by atoms with E-state index in [1.165, 1.54) is 23.5 Å². The fourth-order valence-corrected chi connectivity index (χ4v) is 1.85. The Morgan fingerprint density at radius 1 is 1.09 bits per heavy atom. The van der Waals surface area contributed by atoms with E-state index < -0.39 is 0 Å². The fraction of sp³-hybridized carbons (Fsp3) is 0.500. The molecule has 0 aromatic heterocycles. The van der Waals surface area contributed by atoms with Gasteiger partial charge in [0.2, 0.25) is 0 Å². The summed E-state index contributed by atoms with van der Waals surface area (Å²) >= 11 is 12.2. The molecule has 0 aromatic rings. The van der Waals surface area contributed by atoms with E-state index in [1.807, 2.05) is 0 Å². The van der Waals surface area contributed by atoms with Crippen molar-refractivity contribution in [1.29, 1.82) is 0 Å². The number of thiocarbonyl (C=S) groups is 2. The average molecular weight is 252 g/mol. The zero-order valence-corrected chi connectivity index (χ0v) is 12.6. The van der Waals surface area contributed by atoms with Gasteiger partial charge in [0.05, 0.1) is 0 Å². The van der Waals surface area contributed by atoms with Crippen LogP contribution in [0.25, 0.3) is 0 Å². The van der Waals surface area contributed by atoms with Gasteiger partial charge >= 0.3 is 51.4 Å². The second kappa shape index (κ2) is 10.2. The summed E-state index contributed by atoms with van der Waals surface area (Å²) in [5.41, 5.74) is 10.5. The molecule has 0 heterocycles. The first-order chi connectivity index (χ1) is 4.63. The normalized spacial score (nSPS) is 8.36. The van der Waals surface area contributed by atoms with Gasteiger partial charge in [-0.1, -0.05) is 48.0 Å². The van der Waals surface area contributed by atoms with Gasteiger partial charge < -0.3 is 12.9 Å². The fourth-order valence-electron chi connectivity index (χ4n) is 0.285. The van der Waals surface area contributed by atoms with Gasteiger partial charge in [-0.25, -0.2) is 0 Å². The van der Waals surface area contributed by atoms with Crippen molar-refractivity contribution < 1.29 is 52.8 Å². The van der Waals surface area contributed by atoms with Crippen molar-refractivity contribution >= 4 is 56.6 Å². The van der Waals surface area contributed by atoms with Crippen molar-refractivity contribution in [1.82, 2.24) is 0 Å². The average Bonchev–Trinajstić information content (AvgIpc) is 1.79. The van der Waals surface area contributed by atoms with E-state index in [-0.39, 0.29) is 52.8 Å². The van der Waals surface area contributed by atoms with Crippen molar-refractivity contribution in [2.24, 2.45) is 11.5 Å². The molecule has 0 aliphatic carbocycles. The molecule has 0 aliphatic rings. The van der Waals surface area contributed by atoms with Crippen molar-refractivity contribution in [2.45, 2.75) is 0 Å². The minimum Gasteiger partial charge on any atom is -1.00 e. The smallest absolute Gasteiger partial charge is 1.00 e. The summed E-state index contributed by atoms with van der Waals surface area (Å²) in [4.78, 5) is 0. The summed E-state index contributed by atoms with van der Waals surface area (Å²) in [7, 11) is 0. The van der Waals surface area contributed by atoms with Crippen molar-refractivity contribution in [2.75, 3.05) is 11.5 Å². The molecule has 0 aliphatic heterocycles. The SMILES string of the molecule is NC(=S)SCCSC(N)=S.[H-].[K+]. The predicted octanol–water partition coefficient (Wildman–Crippen LogP) is -1.94. The van der Waals surface area contributed by atoms with Gasteiger partial charge in [0, 0.05) is 11.5 Å². The van der Waals surface area contributed by atoms with E-state index in [0.717, 1.165) is 11.5 Å². The maximum Gasteiger partial charge on any atom is 1.00 e. The minimum absolute atomic E-state index is 0. The first-order valence-corrected chi connectivity index (χ1v) is 5.26. The molecule has 7 heteroatoms. The van der Waals surface area contributed by atoms with Gasteiger partial charge in [0.15, 0.2) is 0 Å². The van der Waals surface area contributed by atoms with E-state index in [1.54, 1.807) is 0 Å². The van der Waals surface area contributed by atoms with Crippen LogP contribution in [-0.2, 0) is 0 Å². The van der Waals surface area contributed by atoms with Gasteiger partial charge in [0.25, 0.3) is 0 Å². The van der Waals surface area contributed by atoms with Crippen LogP contribution in [0.5, 0.6) is 0 Å². The Bertz CT molecular complexity index is 129. The van der Waals surface area contributed by atoms with E-state index >= 15 is 0 Å². The topological polar surface area (TPSA) is 52.0 Å². The molecule has 0 atom stereocenters. The van der Waals surface area contributed by atoms with Crippen LogP contribution in [0.15, 0.2) is 0 Å². The Hall–Kier alpha value is 2.12. The third-order valence-corrected chi connectivity index (χ3v) is 2.92. The van der Waals surface area contributed by atoms with Crippen LogP contribution in [0, 0.1) is 0 Å². The number of hydrogen-bond donors (Lipinski definition) is 2. The third kappa shape index (κ3) is 14.9. The number of hydrogen-bond acceptors (Lipinski definition) is 4. The molecular weight excluding hydrogens is 243 g/mol. The Kier molecular flexibility index (Phi) is 14.4. The minimum atomic E-state index is 0. The monoisotopic (exact) mass is 252 g/mol. The molecule has 2 nitrogen and oxygen atoms in total. The Morgan fingerprint density at radius 2 is 1.36 bits per heavy atom. The van der Waals surface area contributed by atoms with Gasteiger partial charge in [-0.15, -0.1) is 0 Å². The number of thioether (sulfide) groups is 2. The van der Waals surface area contributed by atoms with Crippen LogP contribution in [0.4, 0.5) is 0 Å². The molecule has 60 valence electrons. The predicted molar refractivity (Wildman–Crippen MR) is 59.6 cm³/mol. The van der Waals surface area contributed by atoms with Gasteiger partial charge in [-0.2, -0.15) is 0 Å². The maximum absolute atomic E-state index is 5.23. The van der Waals surface area contributed by atoms with Crippen LogP contribution >= 0.6 is 48.0 Å². The Balaban J connectivity index is -0.000000405. The molecule has 0 saturated heterocycles. The number of nitrogens with two attached hydrogens (primary N) is 2. The quantitative estimate of drug-likeness (QED) is 0.346.